The molecule has 1 fully saturated rings. The van der Waals surface area contributed by atoms with E-state index in [4.69, 9.17) is 16.3 Å². The molecule has 0 aromatic heterocycles. The molecule has 1 aliphatic rings. The van der Waals surface area contributed by atoms with Crippen LogP contribution in [-0.2, 0) is 9.53 Å². The van der Waals surface area contributed by atoms with Gasteiger partial charge in [-0.15, -0.1) is 11.6 Å². The number of likely N-dealkylation sites (tertiary alicyclic amines) is 1. The van der Waals surface area contributed by atoms with Gasteiger partial charge in [-0.3, -0.25) is 9.69 Å². The first kappa shape index (κ1) is 13.5. The second-order valence-corrected chi connectivity index (χ2v) is 4.26. The first-order valence-corrected chi connectivity index (χ1v) is 6.41. The SMILES string of the molecule is CCOC(=O)C1CCN(CC=CCCl)CC1. The summed E-state index contributed by atoms with van der Waals surface area (Å²) in [7, 11) is 0. The van der Waals surface area contributed by atoms with Crippen LogP contribution in [0.25, 0.3) is 0 Å². The second-order valence-electron chi connectivity index (χ2n) is 3.95. The maximum absolute atomic E-state index is 11.5. The van der Waals surface area contributed by atoms with E-state index in [0.29, 0.717) is 12.5 Å². The highest BCUT2D eigenvalue weighted by Crippen LogP contribution is 2.18. The van der Waals surface area contributed by atoms with Crippen LogP contribution in [0.1, 0.15) is 19.8 Å². The number of halogens is 1. The predicted octanol–water partition coefficient (Wildman–Crippen LogP) is 2.06. The van der Waals surface area contributed by atoms with Crippen LogP contribution in [0.3, 0.4) is 0 Å². The highest BCUT2D eigenvalue weighted by Gasteiger charge is 2.25. The molecule has 0 amide bonds. The van der Waals surface area contributed by atoms with Gasteiger partial charge in [0, 0.05) is 12.4 Å². The Balaban J connectivity index is 2.23. The van der Waals surface area contributed by atoms with E-state index < -0.39 is 0 Å². The molecule has 3 nitrogen and oxygen atoms in total. The predicted molar refractivity (Wildman–Crippen MR) is 65.7 cm³/mol. The van der Waals surface area contributed by atoms with Gasteiger partial charge in [-0.2, -0.15) is 0 Å². The maximum Gasteiger partial charge on any atom is 0.309 e. The molecule has 0 saturated carbocycles. The lowest BCUT2D eigenvalue weighted by Crippen LogP contribution is -2.37. The Morgan fingerprint density at radius 3 is 2.69 bits per heavy atom. The highest BCUT2D eigenvalue weighted by atomic mass is 35.5. The summed E-state index contributed by atoms with van der Waals surface area (Å²) in [5.74, 6) is 0.644. The molecule has 0 aliphatic carbocycles. The van der Waals surface area contributed by atoms with Gasteiger partial charge in [-0.05, 0) is 32.9 Å². The van der Waals surface area contributed by atoms with Crippen LogP contribution in [0.15, 0.2) is 12.2 Å². The highest BCUT2D eigenvalue weighted by molar-refractivity contribution is 6.18. The van der Waals surface area contributed by atoms with Crippen LogP contribution < -0.4 is 0 Å². The van der Waals surface area contributed by atoms with Gasteiger partial charge in [0.05, 0.1) is 12.5 Å². The van der Waals surface area contributed by atoms with Crippen molar-refractivity contribution < 1.29 is 9.53 Å². The molecule has 0 bridgehead atoms. The van der Waals surface area contributed by atoms with Crippen LogP contribution in [-0.4, -0.2) is 43.0 Å². The molecule has 16 heavy (non-hydrogen) atoms. The molecule has 1 rings (SSSR count). The van der Waals surface area contributed by atoms with Crippen LogP contribution in [0.4, 0.5) is 0 Å². The van der Waals surface area contributed by atoms with Crippen molar-refractivity contribution in [3.8, 4) is 0 Å². The minimum Gasteiger partial charge on any atom is -0.466 e. The molecule has 1 heterocycles. The molecule has 1 saturated heterocycles. The van der Waals surface area contributed by atoms with Gasteiger partial charge in [-0.1, -0.05) is 12.2 Å². The van der Waals surface area contributed by atoms with Crippen LogP contribution >= 0.6 is 11.6 Å². The van der Waals surface area contributed by atoms with Gasteiger partial charge in [-0.25, -0.2) is 0 Å². The molecule has 0 N–H and O–H groups in total. The van der Waals surface area contributed by atoms with Crippen molar-refractivity contribution in [1.82, 2.24) is 4.90 Å². The van der Waals surface area contributed by atoms with Gasteiger partial charge in [0.2, 0.25) is 0 Å². The van der Waals surface area contributed by atoms with Gasteiger partial charge >= 0.3 is 5.97 Å². The summed E-state index contributed by atoms with van der Waals surface area (Å²) in [6.45, 7) is 5.20. The number of nitrogens with zero attached hydrogens (tertiary/aromatic N) is 1. The van der Waals surface area contributed by atoms with Gasteiger partial charge in [0.15, 0.2) is 0 Å². The summed E-state index contributed by atoms with van der Waals surface area (Å²) in [5.41, 5.74) is 0. The Hall–Kier alpha value is -0.540. The van der Waals surface area contributed by atoms with Crippen LogP contribution in [0.5, 0.6) is 0 Å². The smallest absolute Gasteiger partial charge is 0.309 e. The van der Waals surface area contributed by atoms with Crippen molar-refractivity contribution in [2.24, 2.45) is 5.92 Å². The number of allylic oxidation sites excluding steroid dienone is 1. The first-order valence-electron chi connectivity index (χ1n) is 5.87. The number of alkyl halides is 1. The van der Waals surface area contributed by atoms with E-state index in [-0.39, 0.29) is 11.9 Å². The van der Waals surface area contributed by atoms with E-state index in [0.717, 1.165) is 32.5 Å². The standard InChI is InChI=1S/C12H20ClNO2/c1-2-16-12(15)11-5-9-14(10-6-11)8-4-3-7-13/h3-4,11H,2,5-10H2,1H3. The van der Waals surface area contributed by atoms with Crippen molar-refractivity contribution in [2.45, 2.75) is 19.8 Å². The van der Waals surface area contributed by atoms with Crippen LogP contribution in [0.2, 0.25) is 0 Å². The van der Waals surface area contributed by atoms with E-state index in [1.165, 1.54) is 0 Å². The third-order valence-corrected chi connectivity index (χ3v) is 3.01. The fourth-order valence-electron chi connectivity index (χ4n) is 1.90. The molecule has 0 radical (unpaired) electrons. The fraction of sp³-hybridized carbons (Fsp3) is 0.750. The third kappa shape index (κ3) is 4.54. The van der Waals surface area contributed by atoms with E-state index in [2.05, 4.69) is 11.0 Å². The van der Waals surface area contributed by atoms with Crippen LogP contribution in [0, 0.1) is 5.92 Å². The molecule has 1 aliphatic heterocycles. The van der Waals surface area contributed by atoms with Crippen molar-refractivity contribution >= 4 is 17.6 Å². The molecule has 0 aromatic rings. The molecule has 4 heteroatoms. The summed E-state index contributed by atoms with van der Waals surface area (Å²) in [4.78, 5) is 13.8. The summed E-state index contributed by atoms with van der Waals surface area (Å²) >= 11 is 5.55. The first-order chi connectivity index (χ1) is 7.77. The number of rotatable bonds is 5. The van der Waals surface area contributed by atoms with Gasteiger partial charge in [0.1, 0.15) is 0 Å². The van der Waals surface area contributed by atoms with Crippen molar-refractivity contribution in [1.29, 1.82) is 0 Å². The number of hydrogen-bond acceptors (Lipinski definition) is 3. The molecular weight excluding hydrogens is 226 g/mol. The summed E-state index contributed by atoms with van der Waals surface area (Å²) in [6.07, 6.45) is 5.86. The average molecular weight is 246 g/mol. The van der Waals surface area contributed by atoms with E-state index in [9.17, 15) is 4.79 Å². The normalized spacial score (nSPS) is 19.1. The van der Waals surface area contributed by atoms with Crippen molar-refractivity contribution in [2.75, 3.05) is 32.1 Å². The Labute approximate surface area is 102 Å². The molecule has 0 aromatic carbocycles. The monoisotopic (exact) mass is 245 g/mol. The number of hydrogen-bond donors (Lipinski definition) is 0. The summed E-state index contributed by atoms with van der Waals surface area (Å²) < 4.78 is 5.03. The van der Waals surface area contributed by atoms with E-state index in [1.807, 2.05) is 13.0 Å². The Bertz CT molecular complexity index is 235. The summed E-state index contributed by atoms with van der Waals surface area (Å²) in [5, 5.41) is 0. The van der Waals surface area contributed by atoms with E-state index >= 15 is 0 Å². The number of carbonyl (C=O) groups excluding carboxylic acids is 1. The average Bonchev–Trinajstić information content (AvgIpc) is 2.30. The number of ether oxygens (including phenoxy) is 1. The summed E-state index contributed by atoms with van der Waals surface area (Å²) in [6, 6.07) is 0. The minimum absolute atomic E-state index is 0.0292. The quantitative estimate of drug-likeness (QED) is 0.422. The Morgan fingerprint density at radius 2 is 2.12 bits per heavy atom. The zero-order chi connectivity index (χ0) is 11.8. The Morgan fingerprint density at radius 1 is 1.44 bits per heavy atom. The molecule has 0 atom stereocenters. The largest absolute Gasteiger partial charge is 0.466 e. The molecule has 0 spiro atoms. The second kappa shape index (κ2) is 7.69. The van der Waals surface area contributed by atoms with Gasteiger partial charge < -0.3 is 4.74 Å². The Kier molecular flexibility index (Phi) is 6.50. The third-order valence-electron chi connectivity index (χ3n) is 2.83. The number of esters is 1. The lowest BCUT2D eigenvalue weighted by atomic mass is 9.97. The zero-order valence-corrected chi connectivity index (χ0v) is 10.6. The topological polar surface area (TPSA) is 29.5 Å². The maximum atomic E-state index is 11.5. The lowest BCUT2D eigenvalue weighted by molar-refractivity contribution is -0.149. The number of piperidine rings is 1. The van der Waals surface area contributed by atoms with E-state index in [1.54, 1.807) is 0 Å². The molecule has 92 valence electrons. The molecule has 0 unspecified atom stereocenters. The lowest BCUT2D eigenvalue weighted by Gasteiger charge is -2.29. The zero-order valence-electron chi connectivity index (χ0n) is 9.82. The van der Waals surface area contributed by atoms with Gasteiger partial charge in [0.25, 0.3) is 0 Å². The number of carbonyl (C=O) groups is 1. The van der Waals surface area contributed by atoms with Crippen molar-refractivity contribution in [3.63, 3.8) is 0 Å². The minimum atomic E-state index is -0.0292. The fourth-order valence-corrected chi connectivity index (χ4v) is 2.02. The van der Waals surface area contributed by atoms with Crippen molar-refractivity contribution in [3.05, 3.63) is 12.2 Å². The molecular formula is C12H20ClNO2.